The van der Waals surface area contributed by atoms with Crippen molar-refractivity contribution in [3.8, 4) is 0 Å². The summed E-state index contributed by atoms with van der Waals surface area (Å²) in [6.45, 7) is 3.24. The van der Waals surface area contributed by atoms with E-state index in [1.54, 1.807) is 0 Å². The van der Waals surface area contributed by atoms with E-state index in [1.165, 1.54) is 5.56 Å². The Kier molecular flexibility index (Phi) is 5.46. The van der Waals surface area contributed by atoms with Crippen LogP contribution in [0.5, 0.6) is 0 Å². The molecule has 2 unspecified atom stereocenters. The normalized spacial score (nSPS) is 22.6. The lowest BCUT2D eigenvalue weighted by Crippen LogP contribution is -2.46. The van der Waals surface area contributed by atoms with Gasteiger partial charge in [-0.1, -0.05) is 18.2 Å². The number of pyridine rings is 1. The second-order valence-electron chi connectivity index (χ2n) is 8.33. The first kappa shape index (κ1) is 19.2. The third-order valence-electron chi connectivity index (χ3n) is 6.65. The molecule has 2 N–H and O–H groups in total. The van der Waals surface area contributed by atoms with Crippen LogP contribution in [0.25, 0.3) is 10.9 Å². The van der Waals surface area contributed by atoms with Crippen LogP contribution in [0.2, 0.25) is 0 Å². The molecule has 3 aromatic rings. The van der Waals surface area contributed by atoms with E-state index in [0.717, 1.165) is 43.4 Å². The van der Waals surface area contributed by atoms with Gasteiger partial charge in [0.2, 0.25) is 5.91 Å². The molecule has 2 aliphatic heterocycles. The van der Waals surface area contributed by atoms with Crippen LogP contribution in [0, 0.1) is 5.92 Å². The van der Waals surface area contributed by atoms with Crippen molar-refractivity contribution in [1.82, 2.24) is 30.5 Å². The van der Waals surface area contributed by atoms with Crippen LogP contribution in [0.4, 0.5) is 0 Å². The zero-order valence-electron chi connectivity index (χ0n) is 17.1. The Bertz CT molecular complexity index is 995. The summed E-state index contributed by atoms with van der Waals surface area (Å²) in [4.78, 5) is 19.0. The van der Waals surface area contributed by atoms with E-state index in [-0.39, 0.29) is 5.91 Å². The number of amides is 1. The number of hydrogen-bond acceptors (Lipinski definition) is 5. The fourth-order valence-electron chi connectivity index (χ4n) is 4.97. The van der Waals surface area contributed by atoms with Gasteiger partial charge in [0.25, 0.3) is 0 Å². The molecule has 30 heavy (non-hydrogen) atoms. The highest BCUT2D eigenvalue weighted by Crippen LogP contribution is 2.32. The van der Waals surface area contributed by atoms with E-state index >= 15 is 0 Å². The van der Waals surface area contributed by atoms with Crippen molar-refractivity contribution < 1.29 is 4.79 Å². The maximum Gasteiger partial charge on any atom is 0.224 e. The van der Waals surface area contributed by atoms with Gasteiger partial charge in [0.1, 0.15) is 0 Å². The van der Waals surface area contributed by atoms with Gasteiger partial charge in [-0.2, -0.15) is 5.10 Å². The first-order chi connectivity index (χ1) is 14.8. The molecule has 0 bridgehead atoms. The Labute approximate surface area is 176 Å². The predicted octanol–water partition coefficient (Wildman–Crippen LogP) is 2.32. The number of hydrazine groups is 1. The van der Waals surface area contributed by atoms with Crippen molar-refractivity contribution in [3.05, 3.63) is 60.6 Å². The molecule has 0 aliphatic carbocycles. The number of fused-ring (bicyclic) bond motifs is 1. The number of nitrogens with zero attached hydrogens (tertiary/aromatic N) is 4. The smallest absolute Gasteiger partial charge is 0.224 e. The molecule has 0 radical (unpaired) electrons. The van der Waals surface area contributed by atoms with E-state index in [9.17, 15) is 4.79 Å². The van der Waals surface area contributed by atoms with Gasteiger partial charge in [0, 0.05) is 55.8 Å². The molecule has 2 saturated heterocycles. The molecular weight excluding hydrogens is 376 g/mol. The van der Waals surface area contributed by atoms with Gasteiger partial charge in [-0.15, -0.1) is 0 Å². The van der Waals surface area contributed by atoms with Crippen LogP contribution >= 0.6 is 0 Å². The number of piperidine rings is 1. The van der Waals surface area contributed by atoms with Crippen LogP contribution < -0.4 is 10.9 Å². The van der Waals surface area contributed by atoms with E-state index < -0.39 is 0 Å². The first-order valence-corrected chi connectivity index (χ1v) is 10.9. The second-order valence-corrected chi connectivity index (χ2v) is 8.33. The Morgan fingerprint density at radius 2 is 1.90 bits per heavy atom. The van der Waals surface area contributed by atoms with Crippen molar-refractivity contribution in [1.29, 1.82) is 0 Å². The minimum atomic E-state index is 0.233. The van der Waals surface area contributed by atoms with Gasteiger partial charge in [-0.25, -0.2) is 0 Å². The number of rotatable bonds is 5. The zero-order valence-corrected chi connectivity index (χ0v) is 17.1. The van der Waals surface area contributed by atoms with Crippen LogP contribution in [-0.2, 0) is 11.3 Å². The maximum absolute atomic E-state index is 12.8. The number of para-hydroxylation sites is 1. The molecule has 2 fully saturated rings. The van der Waals surface area contributed by atoms with E-state index in [2.05, 4.69) is 45.2 Å². The molecule has 1 amide bonds. The van der Waals surface area contributed by atoms with Gasteiger partial charge >= 0.3 is 0 Å². The molecule has 2 aliphatic rings. The monoisotopic (exact) mass is 404 g/mol. The van der Waals surface area contributed by atoms with E-state index in [1.807, 2.05) is 40.3 Å². The van der Waals surface area contributed by atoms with Crippen molar-refractivity contribution in [2.75, 3.05) is 19.6 Å². The van der Waals surface area contributed by atoms with Gasteiger partial charge in [-0.05, 0) is 42.5 Å². The minimum absolute atomic E-state index is 0.233. The summed E-state index contributed by atoms with van der Waals surface area (Å²) < 4.78 is 1.94. The molecule has 0 spiro atoms. The quantitative estimate of drug-likeness (QED) is 0.683. The summed E-state index contributed by atoms with van der Waals surface area (Å²) >= 11 is 0. The molecular formula is C23H28N6O. The molecule has 2 aromatic heterocycles. The van der Waals surface area contributed by atoms with Crippen molar-refractivity contribution in [2.45, 2.75) is 37.8 Å². The molecule has 5 rings (SSSR count). The second kappa shape index (κ2) is 8.53. The standard InChI is InChI=1S/C23H28N6O/c30-22(9-14-29-21-4-2-1-3-19(21)15-26-29)28-12-7-18(8-13-28)23-20(16-25-27-23)17-5-10-24-11-6-17/h1-6,10-11,15,18,20,23,25,27H,7-9,12-14,16H2. The summed E-state index contributed by atoms with van der Waals surface area (Å²) in [6, 6.07) is 12.8. The Morgan fingerprint density at radius 1 is 1.10 bits per heavy atom. The lowest BCUT2D eigenvalue weighted by Gasteiger charge is -2.36. The van der Waals surface area contributed by atoms with Crippen LogP contribution in [0.15, 0.2) is 55.0 Å². The Hall–Kier alpha value is -2.77. The number of aryl methyl sites for hydroxylation is 1. The van der Waals surface area contributed by atoms with Crippen molar-refractivity contribution in [3.63, 3.8) is 0 Å². The average molecular weight is 405 g/mol. The van der Waals surface area contributed by atoms with Gasteiger partial charge in [-0.3, -0.25) is 25.3 Å². The summed E-state index contributed by atoms with van der Waals surface area (Å²) in [6.07, 6.45) is 8.19. The fourth-order valence-corrected chi connectivity index (χ4v) is 4.97. The average Bonchev–Trinajstić information content (AvgIpc) is 3.46. The SMILES string of the molecule is O=C(CCn1ncc2ccccc21)N1CCC(C2NNCC2c2ccncc2)CC1. The summed E-state index contributed by atoms with van der Waals surface area (Å²) in [5.41, 5.74) is 9.26. The van der Waals surface area contributed by atoms with E-state index in [4.69, 9.17) is 0 Å². The maximum atomic E-state index is 12.8. The Balaban J connectivity index is 1.15. The molecule has 4 heterocycles. The molecule has 7 heteroatoms. The molecule has 0 saturated carbocycles. The van der Waals surface area contributed by atoms with Gasteiger partial charge in [0.05, 0.1) is 18.3 Å². The lowest BCUT2D eigenvalue weighted by atomic mass is 9.80. The zero-order chi connectivity index (χ0) is 20.3. The highest BCUT2D eigenvalue weighted by molar-refractivity contribution is 5.79. The topological polar surface area (TPSA) is 75.1 Å². The van der Waals surface area contributed by atoms with Crippen molar-refractivity contribution in [2.24, 2.45) is 5.92 Å². The number of likely N-dealkylation sites (tertiary alicyclic amines) is 1. The highest BCUT2D eigenvalue weighted by Gasteiger charge is 2.36. The number of hydrogen-bond donors (Lipinski definition) is 2. The molecule has 156 valence electrons. The summed E-state index contributed by atoms with van der Waals surface area (Å²) in [5.74, 6) is 1.25. The van der Waals surface area contributed by atoms with Gasteiger partial charge in [0.15, 0.2) is 0 Å². The van der Waals surface area contributed by atoms with E-state index in [0.29, 0.717) is 30.8 Å². The van der Waals surface area contributed by atoms with Crippen LogP contribution in [0.1, 0.15) is 30.7 Å². The van der Waals surface area contributed by atoms with Crippen molar-refractivity contribution >= 4 is 16.8 Å². The summed E-state index contributed by atoms with van der Waals surface area (Å²) in [7, 11) is 0. The predicted molar refractivity (Wildman–Crippen MR) is 116 cm³/mol. The molecule has 1 aromatic carbocycles. The number of carbonyl (C=O) groups is 1. The minimum Gasteiger partial charge on any atom is -0.343 e. The largest absolute Gasteiger partial charge is 0.343 e. The fraction of sp³-hybridized carbons (Fsp3) is 0.435. The number of benzene rings is 1. The van der Waals surface area contributed by atoms with Crippen LogP contribution in [-0.4, -0.2) is 51.2 Å². The Morgan fingerprint density at radius 3 is 2.73 bits per heavy atom. The van der Waals surface area contributed by atoms with Crippen LogP contribution in [0.3, 0.4) is 0 Å². The first-order valence-electron chi connectivity index (χ1n) is 10.9. The number of nitrogens with one attached hydrogen (secondary N) is 2. The molecule has 2 atom stereocenters. The highest BCUT2D eigenvalue weighted by atomic mass is 16.2. The molecule has 7 nitrogen and oxygen atoms in total. The van der Waals surface area contributed by atoms with Gasteiger partial charge < -0.3 is 4.90 Å². The third kappa shape index (κ3) is 3.82. The lowest BCUT2D eigenvalue weighted by molar-refractivity contribution is -0.133. The summed E-state index contributed by atoms with van der Waals surface area (Å²) in [5, 5.41) is 5.56. The third-order valence-corrected chi connectivity index (χ3v) is 6.65. The number of aromatic nitrogens is 3. The number of carbonyl (C=O) groups excluding carboxylic acids is 1.